The van der Waals surface area contributed by atoms with Gasteiger partial charge in [0, 0.05) is 51.7 Å². The maximum absolute atomic E-state index is 12.7. The van der Waals surface area contributed by atoms with E-state index in [4.69, 9.17) is 0 Å². The normalized spacial score (nSPS) is 19.4. The average molecular weight is 396 g/mol. The molecule has 2 aromatic rings. The Morgan fingerprint density at radius 1 is 1.00 bits per heavy atom. The monoisotopic (exact) mass is 395 g/mol. The predicted molar refractivity (Wildman–Crippen MR) is 110 cm³/mol. The number of carbonyl (C=O) groups excluding carboxylic acids is 2. The zero-order valence-electron chi connectivity index (χ0n) is 16.8. The molecule has 1 atom stereocenters. The van der Waals surface area contributed by atoms with Crippen molar-refractivity contribution in [2.24, 2.45) is 5.92 Å². The lowest BCUT2D eigenvalue weighted by Crippen LogP contribution is -2.49. The molecule has 0 radical (unpaired) electrons. The van der Waals surface area contributed by atoms with Crippen LogP contribution in [0.15, 0.2) is 43.0 Å². The zero-order valence-corrected chi connectivity index (χ0v) is 16.8. The van der Waals surface area contributed by atoms with E-state index in [-0.39, 0.29) is 17.9 Å². The smallest absolute Gasteiger partial charge is 0.320 e. The van der Waals surface area contributed by atoms with Gasteiger partial charge in [0.25, 0.3) is 0 Å². The standard InChI is InChI=1S/C22H29N5O2/c28-21(20-4-3-12-27(16-20)22(29)26-10-1-2-11-26)24-14-18-5-7-19(8-6-18)15-25-13-9-23-17-25/h5-9,13,17,20H,1-4,10-12,14-16H2,(H,24,28). The third-order valence-electron chi connectivity index (χ3n) is 5.85. The number of urea groups is 1. The minimum atomic E-state index is -0.115. The molecule has 7 heteroatoms. The second-order valence-electron chi connectivity index (χ2n) is 8.03. The van der Waals surface area contributed by atoms with Crippen LogP contribution in [0, 0.1) is 5.92 Å². The minimum absolute atomic E-state index is 0.0476. The number of rotatable bonds is 5. The van der Waals surface area contributed by atoms with Gasteiger partial charge in [0.15, 0.2) is 0 Å². The van der Waals surface area contributed by atoms with Crippen LogP contribution < -0.4 is 5.32 Å². The van der Waals surface area contributed by atoms with Crippen molar-refractivity contribution < 1.29 is 9.59 Å². The lowest BCUT2D eigenvalue weighted by Gasteiger charge is -2.34. The number of hydrogen-bond acceptors (Lipinski definition) is 3. The second-order valence-corrected chi connectivity index (χ2v) is 8.03. The molecule has 7 nitrogen and oxygen atoms in total. The van der Waals surface area contributed by atoms with Crippen molar-refractivity contribution in [1.29, 1.82) is 0 Å². The van der Waals surface area contributed by atoms with E-state index >= 15 is 0 Å². The number of amides is 3. The first-order valence-corrected chi connectivity index (χ1v) is 10.5. The fourth-order valence-corrected chi connectivity index (χ4v) is 4.16. The molecule has 0 aliphatic carbocycles. The number of aromatic nitrogens is 2. The third-order valence-corrected chi connectivity index (χ3v) is 5.85. The van der Waals surface area contributed by atoms with Crippen molar-refractivity contribution in [1.82, 2.24) is 24.7 Å². The SMILES string of the molecule is O=C(NCc1ccc(Cn2ccnc2)cc1)C1CCCN(C(=O)N2CCCC2)C1. The molecule has 154 valence electrons. The Morgan fingerprint density at radius 2 is 1.72 bits per heavy atom. The number of nitrogens with one attached hydrogen (secondary N) is 1. The number of hydrogen-bond donors (Lipinski definition) is 1. The Kier molecular flexibility index (Phi) is 6.12. The summed E-state index contributed by atoms with van der Waals surface area (Å²) in [6.07, 6.45) is 9.43. The van der Waals surface area contributed by atoms with Crippen LogP contribution in [0.4, 0.5) is 4.79 Å². The van der Waals surface area contributed by atoms with Crippen molar-refractivity contribution in [2.75, 3.05) is 26.2 Å². The van der Waals surface area contributed by atoms with Gasteiger partial charge < -0.3 is 19.7 Å². The highest BCUT2D eigenvalue weighted by Crippen LogP contribution is 2.20. The summed E-state index contributed by atoms with van der Waals surface area (Å²) in [6, 6.07) is 8.37. The lowest BCUT2D eigenvalue weighted by atomic mass is 9.97. The molecule has 2 fully saturated rings. The van der Waals surface area contributed by atoms with Crippen LogP contribution in [0.3, 0.4) is 0 Å². The van der Waals surface area contributed by atoms with E-state index in [0.717, 1.165) is 57.4 Å². The van der Waals surface area contributed by atoms with Crippen LogP contribution in [0.2, 0.25) is 0 Å². The molecule has 1 aromatic carbocycles. The van der Waals surface area contributed by atoms with Gasteiger partial charge in [0.2, 0.25) is 5.91 Å². The van der Waals surface area contributed by atoms with Gasteiger partial charge in [0.05, 0.1) is 12.2 Å². The maximum Gasteiger partial charge on any atom is 0.320 e. The van der Waals surface area contributed by atoms with Gasteiger partial charge in [-0.1, -0.05) is 24.3 Å². The Bertz CT molecular complexity index is 812. The Balaban J connectivity index is 1.26. The van der Waals surface area contributed by atoms with Gasteiger partial charge in [0.1, 0.15) is 0 Å². The van der Waals surface area contributed by atoms with Gasteiger partial charge in [-0.25, -0.2) is 9.78 Å². The van der Waals surface area contributed by atoms with E-state index in [0.29, 0.717) is 13.1 Å². The molecule has 0 spiro atoms. The highest BCUT2D eigenvalue weighted by atomic mass is 16.2. The number of piperidine rings is 1. The van der Waals surface area contributed by atoms with E-state index < -0.39 is 0 Å². The first-order chi connectivity index (χ1) is 14.2. The number of nitrogens with zero attached hydrogens (tertiary/aromatic N) is 4. The van der Waals surface area contributed by atoms with Gasteiger partial charge in [-0.05, 0) is 36.8 Å². The van der Waals surface area contributed by atoms with Crippen LogP contribution in [-0.4, -0.2) is 57.5 Å². The Labute approximate surface area is 171 Å². The van der Waals surface area contributed by atoms with Crippen LogP contribution in [0.1, 0.15) is 36.8 Å². The molecule has 1 N–H and O–H groups in total. The fraction of sp³-hybridized carbons (Fsp3) is 0.500. The molecule has 29 heavy (non-hydrogen) atoms. The molecule has 2 saturated heterocycles. The van der Waals surface area contributed by atoms with Gasteiger partial charge in [-0.2, -0.15) is 0 Å². The molecule has 1 aromatic heterocycles. The summed E-state index contributed by atoms with van der Waals surface area (Å²) in [6.45, 7) is 4.30. The summed E-state index contributed by atoms with van der Waals surface area (Å²) in [4.78, 5) is 33.1. The summed E-state index contributed by atoms with van der Waals surface area (Å²) in [7, 11) is 0. The van der Waals surface area contributed by atoms with Crippen molar-refractivity contribution in [3.05, 3.63) is 54.1 Å². The molecular weight excluding hydrogens is 366 g/mol. The van der Waals surface area contributed by atoms with Crippen LogP contribution in [-0.2, 0) is 17.9 Å². The van der Waals surface area contributed by atoms with Crippen molar-refractivity contribution in [2.45, 2.75) is 38.8 Å². The first-order valence-electron chi connectivity index (χ1n) is 10.5. The first kappa shape index (κ1) is 19.5. The largest absolute Gasteiger partial charge is 0.352 e. The van der Waals surface area contributed by atoms with E-state index in [1.165, 1.54) is 5.56 Å². The second kappa shape index (κ2) is 9.11. The average Bonchev–Trinajstić information content (AvgIpc) is 3.47. The number of carbonyl (C=O) groups is 2. The molecule has 2 aliphatic rings. The van der Waals surface area contributed by atoms with Crippen molar-refractivity contribution in [3.63, 3.8) is 0 Å². The van der Waals surface area contributed by atoms with Crippen LogP contribution in [0.25, 0.3) is 0 Å². The van der Waals surface area contributed by atoms with E-state index in [2.05, 4.69) is 34.6 Å². The summed E-state index contributed by atoms with van der Waals surface area (Å²) in [5, 5.41) is 3.06. The van der Waals surface area contributed by atoms with Crippen molar-refractivity contribution in [3.8, 4) is 0 Å². The third kappa shape index (κ3) is 4.96. The molecule has 0 bridgehead atoms. The molecule has 4 rings (SSSR count). The lowest BCUT2D eigenvalue weighted by molar-refractivity contribution is -0.126. The topological polar surface area (TPSA) is 70.5 Å². The van der Waals surface area contributed by atoms with Crippen LogP contribution in [0.5, 0.6) is 0 Å². The van der Waals surface area contributed by atoms with E-state index in [1.54, 1.807) is 12.5 Å². The van der Waals surface area contributed by atoms with E-state index in [1.807, 2.05) is 20.6 Å². The number of likely N-dealkylation sites (tertiary alicyclic amines) is 2. The quantitative estimate of drug-likeness (QED) is 0.846. The van der Waals surface area contributed by atoms with Gasteiger partial charge in [-0.3, -0.25) is 4.79 Å². The molecule has 3 heterocycles. The molecule has 3 amide bonds. The predicted octanol–water partition coefficient (Wildman–Crippen LogP) is 2.48. The number of benzene rings is 1. The van der Waals surface area contributed by atoms with Crippen LogP contribution >= 0.6 is 0 Å². The molecule has 2 aliphatic heterocycles. The van der Waals surface area contributed by atoms with Crippen molar-refractivity contribution >= 4 is 11.9 Å². The summed E-state index contributed by atoms with van der Waals surface area (Å²) < 4.78 is 2.02. The molecular formula is C22H29N5O2. The summed E-state index contributed by atoms with van der Waals surface area (Å²) in [5.74, 6) is -0.0674. The molecule has 0 saturated carbocycles. The highest BCUT2D eigenvalue weighted by Gasteiger charge is 2.31. The Hall–Kier alpha value is -2.83. The van der Waals surface area contributed by atoms with Gasteiger partial charge in [-0.15, -0.1) is 0 Å². The highest BCUT2D eigenvalue weighted by molar-refractivity contribution is 5.81. The zero-order chi connectivity index (χ0) is 20.1. The van der Waals surface area contributed by atoms with Gasteiger partial charge >= 0.3 is 6.03 Å². The molecule has 1 unspecified atom stereocenters. The maximum atomic E-state index is 12.7. The Morgan fingerprint density at radius 3 is 2.45 bits per heavy atom. The fourth-order valence-electron chi connectivity index (χ4n) is 4.16. The summed E-state index contributed by atoms with van der Waals surface area (Å²) >= 11 is 0. The summed E-state index contributed by atoms with van der Waals surface area (Å²) in [5.41, 5.74) is 2.27. The number of imidazole rings is 1. The van der Waals surface area contributed by atoms with E-state index in [9.17, 15) is 9.59 Å². The minimum Gasteiger partial charge on any atom is -0.352 e.